The van der Waals surface area contributed by atoms with Crippen LogP contribution in [0, 0.1) is 5.82 Å². The SMILES string of the molecule is COc1ccc(COc2cc(OC)ccc2CCl)c(F)c1. The summed E-state index contributed by atoms with van der Waals surface area (Å²) in [5.41, 5.74) is 1.27. The molecule has 5 heteroatoms. The lowest BCUT2D eigenvalue weighted by molar-refractivity contribution is 0.294. The van der Waals surface area contributed by atoms with Crippen molar-refractivity contribution in [3.63, 3.8) is 0 Å². The zero-order valence-corrected chi connectivity index (χ0v) is 12.6. The molecule has 0 fully saturated rings. The van der Waals surface area contributed by atoms with Crippen molar-refractivity contribution in [3.05, 3.63) is 53.3 Å². The highest BCUT2D eigenvalue weighted by molar-refractivity contribution is 6.17. The van der Waals surface area contributed by atoms with Gasteiger partial charge in [0.1, 0.15) is 29.7 Å². The largest absolute Gasteiger partial charge is 0.497 e. The van der Waals surface area contributed by atoms with Gasteiger partial charge in [-0.05, 0) is 18.2 Å². The Morgan fingerprint density at radius 2 is 1.57 bits per heavy atom. The first-order valence-electron chi connectivity index (χ1n) is 6.36. The lowest BCUT2D eigenvalue weighted by Gasteiger charge is -2.12. The summed E-state index contributed by atoms with van der Waals surface area (Å²) in [5, 5.41) is 0. The van der Waals surface area contributed by atoms with Crippen molar-refractivity contribution in [1.29, 1.82) is 0 Å². The van der Waals surface area contributed by atoms with Crippen LogP contribution < -0.4 is 14.2 Å². The van der Waals surface area contributed by atoms with Crippen LogP contribution in [0.3, 0.4) is 0 Å². The number of hydrogen-bond acceptors (Lipinski definition) is 3. The first-order valence-corrected chi connectivity index (χ1v) is 6.89. The van der Waals surface area contributed by atoms with Crippen molar-refractivity contribution >= 4 is 11.6 Å². The second-order valence-electron chi connectivity index (χ2n) is 4.35. The monoisotopic (exact) mass is 310 g/mol. The summed E-state index contributed by atoms with van der Waals surface area (Å²) >= 11 is 5.87. The van der Waals surface area contributed by atoms with Gasteiger partial charge >= 0.3 is 0 Å². The summed E-state index contributed by atoms with van der Waals surface area (Å²) < 4.78 is 29.6. The van der Waals surface area contributed by atoms with Crippen LogP contribution in [-0.2, 0) is 12.5 Å². The van der Waals surface area contributed by atoms with E-state index in [1.165, 1.54) is 13.2 Å². The van der Waals surface area contributed by atoms with Gasteiger partial charge in [-0.3, -0.25) is 0 Å². The molecule has 2 aromatic rings. The van der Waals surface area contributed by atoms with Crippen LogP contribution in [0.2, 0.25) is 0 Å². The Bertz CT molecular complexity index is 616. The van der Waals surface area contributed by atoms with E-state index >= 15 is 0 Å². The molecule has 0 amide bonds. The summed E-state index contributed by atoms with van der Waals surface area (Å²) in [6, 6.07) is 10.0. The molecule has 0 saturated heterocycles. The molecule has 0 aromatic heterocycles. The molecular formula is C16H16ClFO3. The van der Waals surface area contributed by atoms with Crippen LogP contribution in [-0.4, -0.2) is 14.2 Å². The molecule has 0 saturated carbocycles. The molecule has 0 heterocycles. The molecule has 2 aromatic carbocycles. The minimum absolute atomic E-state index is 0.104. The van der Waals surface area contributed by atoms with Crippen LogP contribution in [0.4, 0.5) is 4.39 Å². The van der Waals surface area contributed by atoms with E-state index in [2.05, 4.69) is 0 Å². The van der Waals surface area contributed by atoms with Crippen molar-refractivity contribution in [2.45, 2.75) is 12.5 Å². The van der Waals surface area contributed by atoms with Crippen molar-refractivity contribution in [1.82, 2.24) is 0 Å². The van der Waals surface area contributed by atoms with Gasteiger partial charge in [0.05, 0.1) is 20.1 Å². The van der Waals surface area contributed by atoms with E-state index in [9.17, 15) is 4.39 Å². The van der Waals surface area contributed by atoms with Gasteiger partial charge in [0, 0.05) is 23.3 Å². The Hall–Kier alpha value is -1.94. The predicted molar refractivity (Wildman–Crippen MR) is 79.8 cm³/mol. The van der Waals surface area contributed by atoms with Gasteiger partial charge in [0.2, 0.25) is 0 Å². The fourth-order valence-corrected chi connectivity index (χ4v) is 2.05. The van der Waals surface area contributed by atoms with E-state index in [0.29, 0.717) is 28.7 Å². The highest BCUT2D eigenvalue weighted by Crippen LogP contribution is 2.27. The van der Waals surface area contributed by atoms with Crippen LogP contribution >= 0.6 is 11.6 Å². The number of hydrogen-bond donors (Lipinski definition) is 0. The average Bonchev–Trinajstić information content (AvgIpc) is 2.53. The van der Waals surface area contributed by atoms with Gasteiger partial charge in [-0.15, -0.1) is 11.6 Å². The second-order valence-corrected chi connectivity index (χ2v) is 4.62. The standard InChI is InChI=1S/C16H16ClFO3/c1-19-13-6-4-12(15(18)7-13)10-21-16-8-14(20-2)5-3-11(16)9-17/h3-8H,9-10H2,1-2H3. The molecule has 0 aliphatic carbocycles. The zero-order valence-electron chi connectivity index (χ0n) is 11.9. The van der Waals surface area contributed by atoms with E-state index in [4.69, 9.17) is 25.8 Å². The maximum atomic E-state index is 13.9. The molecule has 0 spiro atoms. The van der Waals surface area contributed by atoms with Crippen LogP contribution in [0.5, 0.6) is 17.2 Å². The van der Waals surface area contributed by atoms with Crippen molar-refractivity contribution in [3.8, 4) is 17.2 Å². The molecule has 0 aliphatic heterocycles. The van der Waals surface area contributed by atoms with Crippen molar-refractivity contribution in [2.75, 3.05) is 14.2 Å². The van der Waals surface area contributed by atoms with E-state index in [1.54, 1.807) is 31.4 Å². The van der Waals surface area contributed by atoms with Gasteiger partial charge in [-0.2, -0.15) is 0 Å². The van der Waals surface area contributed by atoms with E-state index in [-0.39, 0.29) is 12.4 Å². The molecule has 0 unspecified atom stereocenters. The van der Waals surface area contributed by atoms with Crippen LogP contribution in [0.1, 0.15) is 11.1 Å². The summed E-state index contributed by atoms with van der Waals surface area (Å²) in [4.78, 5) is 0. The van der Waals surface area contributed by atoms with Gasteiger partial charge in [0.25, 0.3) is 0 Å². The summed E-state index contributed by atoms with van der Waals surface area (Å²) in [5.74, 6) is 1.65. The highest BCUT2D eigenvalue weighted by Gasteiger charge is 2.08. The minimum Gasteiger partial charge on any atom is -0.497 e. The van der Waals surface area contributed by atoms with Crippen molar-refractivity contribution < 1.29 is 18.6 Å². The molecule has 0 radical (unpaired) electrons. The number of rotatable bonds is 6. The summed E-state index contributed by atoms with van der Waals surface area (Å²) in [6.45, 7) is 0.104. The van der Waals surface area contributed by atoms with Crippen LogP contribution in [0.15, 0.2) is 36.4 Å². The smallest absolute Gasteiger partial charge is 0.133 e. The van der Waals surface area contributed by atoms with E-state index in [0.717, 1.165) is 5.56 Å². The number of halogens is 2. The lowest BCUT2D eigenvalue weighted by Crippen LogP contribution is -2.01. The van der Waals surface area contributed by atoms with E-state index < -0.39 is 0 Å². The van der Waals surface area contributed by atoms with E-state index in [1.807, 2.05) is 6.07 Å². The molecule has 0 N–H and O–H groups in total. The third kappa shape index (κ3) is 3.79. The normalized spacial score (nSPS) is 10.3. The first-order chi connectivity index (χ1) is 10.2. The molecular weight excluding hydrogens is 295 g/mol. The predicted octanol–water partition coefficient (Wildman–Crippen LogP) is 4.16. The van der Waals surface area contributed by atoms with Crippen LogP contribution in [0.25, 0.3) is 0 Å². The molecule has 0 aliphatic rings. The molecule has 2 rings (SSSR count). The fourth-order valence-electron chi connectivity index (χ4n) is 1.83. The quantitative estimate of drug-likeness (QED) is 0.750. The lowest BCUT2D eigenvalue weighted by atomic mass is 10.2. The topological polar surface area (TPSA) is 27.7 Å². The second kappa shape index (κ2) is 7.18. The number of benzene rings is 2. The molecule has 0 atom stereocenters. The number of methoxy groups -OCH3 is 2. The Balaban J connectivity index is 2.15. The summed E-state index contributed by atoms with van der Waals surface area (Å²) in [6.07, 6.45) is 0. The first kappa shape index (κ1) is 15.4. The number of ether oxygens (including phenoxy) is 3. The Kier molecular flexibility index (Phi) is 5.28. The maximum Gasteiger partial charge on any atom is 0.133 e. The maximum absolute atomic E-state index is 13.9. The molecule has 3 nitrogen and oxygen atoms in total. The van der Waals surface area contributed by atoms with Gasteiger partial charge in [0.15, 0.2) is 0 Å². The van der Waals surface area contributed by atoms with Gasteiger partial charge in [-0.1, -0.05) is 6.07 Å². The Labute approximate surface area is 128 Å². The third-order valence-electron chi connectivity index (χ3n) is 3.06. The third-order valence-corrected chi connectivity index (χ3v) is 3.35. The highest BCUT2D eigenvalue weighted by atomic mass is 35.5. The Morgan fingerprint density at radius 1 is 0.952 bits per heavy atom. The fraction of sp³-hybridized carbons (Fsp3) is 0.250. The molecule has 0 bridgehead atoms. The molecule has 112 valence electrons. The van der Waals surface area contributed by atoms with Crippen molar-refractivity contribution in [2.24, 2.45) is 0 Å². The van der Waals surface area contributed by atoms with Gasteiger partial charge in [-0.25, -0.2) is 4.39 Å². The summed E-state index contributed by atoms with van der Waals surface area (Å²) in [7, 11) is 3.07. The zero-order chi connectivity index (χ0) is 15.2. The molecule has 21 heavy (non-hydrogen) atoms. The van der Waals surface area contributed by atoms with Gasteiger partial charge < -0.3 is 14.2 Å². The minimum atomic E-state index is -0.371. The Morgan fingerprint density at radius 3 is 2.14 bits per heavy atom. The number of alkyl halides is 1. The average molecular weight is 311 g/mol.